The minimum Gasteiger partial charge on any atom is -0.497 e. The lowest BCUT2D eigenvalue weighted by Crippen LogP contribution is -2.37. The van der Waals surface area contributed by atoms with Gasteiger partial charge in [-0.25, -0.2) is 14.8 Å². The van der Waals surface area contributed by atoms with E-state index in [1.165, 1.54) is 4.90 Å². The van der Waals surface area contributed by atoms with Gasteiger partial charge in [0.15, 0.2) is 6.10 Å². The van der Waals surface area contributed by atoms with Crippen LogP contribution in [0.15, 0.2) is 109 Å². The molecule has 0 radical (unpaired) electrons. The number of carbonyl (C=O) groups excluding carboxylic acids is 3. The number of ether oxygens (including phenoxy) is 2. The molecule has 0 unspecified atom stereocenters. The summed E-state index contributed by atoms with van der Waals surface area (Å²) in [4.78, 5) is 47.1. The third-order valence-electron chi connectivity index (χ3n) is 6.90. The zero-order valence-corrected chi connectivity index (χ0v) is 21.0. The van der Waals surface area contributed by atoms with Crippen molar-refractivity contribution < 1.29 is 28.7 Å². The second kappa shape index (κ2) is 10.1. The maximum atomic E-state index is 13.8. The van der Waals surface area contributed by atoms with Gasteiger partial charge in [-0.3, -0.25) is 14.4 Å². The van der Waals surface area contributed by atoms with E-state index in [1.807, 2.05) is 36.4 Å². The maximum absolute atomic E-state index is 13.8. The minimum absolute atomic E-state index is 0.349. The van der Waals surface area contributed by atoms with Crippen molar-refractivity contribution in [3.05, 3.63) is 120 Å². The average Bonchev–Trinajstić information content (AvgIpc) is 3.50. The molecule has 2 aliphatic heterocycles. The van der Waals surface area contributed by atoms with E-state index in [9.17, 15) is 14.4 Å². The van der Waals surface area contributed by atoms with Crippen molar-refractivity contribution in [1.82, 2.24) is 0 Å². The van der Waals surface area contributed by atoms with Crippen LogP contribution in [-0.2, 0) is 14.4 Å². The van der Waals surface area contributed by atoms with Crippen LogP contribution in [0.1, 0.15) is 22.0 Å². The van der Waals surface area contributed by atoms with Gasteiger partial charge in [-0.05, 0) is 66.2 Å². The van der Waals surface area contributed by atoms with Crippen molar-refractivity contribution in [2.24, 2.45) is 5.92 Å². The van der Waals surface area contributed by atoms with E-state index in [2.05, 4.69) is 0 Å². The number of hydrogen-bond donors (Lipinski definition) is 0. The molecule has 6 rings (SSSR count). The Labute approximate surface area is 224 Å². The summed E-state index contributed by atoms with van der Waals surface area (Å²) in [6, 6.07) is 31.2. The number of para-hydroxylation sites is 1. The predicted octanol–water partition coefficient (Wildman–Crippen LogP) is 4.97. The van der Waals surface area contributed by atoms with Crippen LogP contribution in [0.25, 0.3) is 0 Å². The van der Waals surface area contributed by atoms with Crippen molar-refractivity contribution in [2.75, 3.05) is 17.1 Å². The molecule has 4 aromatic rings. The molecule has 0 N–H and O–H groups in total. The second-order valence-electron chi connectivity index (χ2n) is 9.19. The third kappa shape index (κ3) is 4.41. The fourth-order valence-electron chi connectivity index (χ4n) is 5.01. The first kappa shape index (κ1) is 24.4. The molecule has 2 fully saturated rings. The van der Waals surface area contributed by atoms with E-state index in [-0.39, 0.29) is 5.91 Å². The fourth-order valence-corrected chi connectivity index (χ4v) is 5.01. The summed E-state index contributed by atoms with van der Waals surface area (Å²) < 4.78 is 10.7. The minimum atomic E-state index is -0.986. The Hall–Kier alpha value is -4.95. The van der Waals surface area contributed by atoms with E-state index >= 15 is 0 Å². The quantitative estimate of drug-likeness (QED) is 0.202. The molecule has 8 nitrogen and oxygen atoms in total. The van der Waals surface area contributed by atoms with Gasteiger partial charge < -0.3 is 9.47 Å². The molecule has 0 aromatic heterocycles. The molecule has 0 spiro atoms. The van der Waals surface area contributed by atoms with Crippen molar-refractivity contribution in [3.8, 4) is 11.5 Å². The van der Waals surface area contributed by atoms with Gasteiger partial charge in [0.1, 0.15) is 17.4 Å². The van der Waals surface area contributed by atoms with Gasteiger partial charge in [-0.15, -0.1) is 0 Å². The SMILES string of the molecule is COc1ccc(N2C(=O)[C@@H]3[C@H](ON(c4ccccc4)[C@@H]3c3ccc(OC(=O)c4ccccc4)cc3)C2=O)cc1. The Bertz CT molecular complexity index is 1510. The topological polar surface area (TPSA) is 85.4 Å². The Morgan fingerprint density at radius 1 is 0.718 bits per heavy atom. The Morgan fingerprint density at radius 3 is 1.97 bits per heavy atom. The lowest BCUT2D eigenvalue weighted by Gasteiger charge is -2.28. The van der Waals surface area contributed by atoms with Gasteiger partial charge in [0.05, 0.1) is 30.1 Å². The van der Waals surface area contributed by atoms with Crippen molar-refractivity contribution in [3.63, 3.8) is 0 Å². The molecule has 2 saturated heterocycles. The first-order valence-corrected chi connectivity index (χ1v) is 12.5. The van der Waals surface area contributed by atoms with Crippen LogP contribution in [0.5, 0.6) is 11.5 Å². The van der Waals surface area contributed by atoms with E-state index in [0.717, 1.165) is 5.56 Å². The summed E-state index contributed by atoms with van der Waals surface area (Å²) >= 11 is 0. The number of anilines is 2. The van der Waals surface area contributed by atoms with Crippen LogP contribution in [0.2, 0.25) is 0 Å². The first-order chi connectivity index (χ1) is 19.0. The second-order valence-corrected chi connectivity index (χ2v) is 9.19. The lowest BCUT2D eigenvalue weighted by molar-refractivity contribution is -0.126. The number of fused-ring (bicyclic) bond motifs is 1. The highest BCUT2D eigenvalue weighted by Gasteiger charge is 2.60. The number of imide groups is 1. The number of hydrogen-bond acceptors (Lipinski definition) is 7. The van der Waals surface area contributed by atoms with Gasteiger partial charge >= 0.3 is 5.97 Å². The molecule has 2 aliphatic rings. The highest BCUT2D eigenvalue weighted by atomic mass is 16.7. The normalized spacial score (nSPS) is 20.2. The molecule has 0 aliphatic carbocycles. The summed E-state index contributed by atoms with van der Waals surface area (Å²) in [5.41, 5.74) is 2.35. The number of nitrogens with zero attached hydrogens (tertiary/aromatic N) is 2. The average molecular weight is 521 g/mol. The van der Waals surface area contributed by atoms with Gasteiger partial charge in [0.2, 0.25) is 5.91 Å². The van der Waals surface area contributed by atoms with Crippen LogP contribution in [0.4, 0.5) is 11.4 Å². The van der Waals surface area contributed by atoms with Crippen LogP contribution in [0.3, 0.4) is 0 Å². The predicted molar refractivity (Wildman–Crippen MR) is 143 cm³/mol. The van der Waals surface area contributed by atoms with Crippen molar-refractivity contribution in [1.29, 1.82) is 0 Å². The standard InChI is InChI=1S/C31H24N2O6/c1-37-24-18-14-22(15-19-24)32-29(34)26-27(33(39-28(26)30(32)35)23-10-6-3-7-11-23)20-12-16-25(17-13-20)38-31(36)21-8-4-2-5-9-21/h2-19,26-28H,1H3/t26-,27+,28-/m0/s1. The molecule has 194 valence electrons. The Morgan fingerprint density at radius 2 is 1.33 bits per heavy atom. The van der Waals surface area contributed by atoms with Crippen molar-refractivity contribution >= 4 is 29.2 Å². The number of hydroxylamine groups is 1. The molecular weight excluding hydrogens is 496 g/mol. The Kier molecular flexibility index (Phi) is 6.30. The van der Waals surface area contributed by atoms with E-state index in [0.29, 0.717) is 28.4 Å². The molecule has 4 aromatic carbocycles. The summed E-state index contributed by atoms with van der Waals surface area (Å²) in [5.74, 6) is -1.04. The molecular formula is C31H24N2O6. The number of amides is 2. The molecule has 2 amide bonds. The van der Waals surface area contributed by atoms with Gasteiger partial charge in [0, 0.05) is 0 Å². The lowest BCUT2D eigenvalue weighted by atomic mass is 9.90. The van der Waals surface area contributed by atoms with Crippen LogP contribution in [-0.4, -0.2) is 31.0 Å². The summed E-state index contributed by atoms with van der Waals surface area (Å²) in [7, 11) is 1.55. The van der Waals surface area contributed by atoms with Gasteiger partial charge in [-0.2, -0.15) is 0 Å². The first-order valence-electron chi connectivity index (χ1n) is 12.5. The number of methoxy groups -OCH3 is 1. The Balaban J connectivity index is 1.32. The van der Waals surface area contributed by atoms with Crippen LogP contribution < -0.4 is 19.4 Å². The van der Waals surface area contributed by atoms with Gasteiger partial charge in [-0.1, -0.05) is 48.5 Å². The van der Waals surface area contributed by atoms with E-state index in [4.69, 9.17) is 14.3 Å². The highest BCUT2D eigenvalue weighted by molar-refractivity contribution is 6.24. The fraction of sp³-hybridized carbons (Fsp3) is 0.129. The zero-order chi connectivity index (χ0) is 26.9. The molecule has 0 saturated carbocycles. The molecule has 0 bridgehead atoms. The number of rotatable bonds is 6. The van der Waals surface area contributed by atoms with Crippen LogP contribution >= 0.6 is 0 Å². The highest BCUT2D eigenvalue weighted by Crippen LogP contribution is 2.47. The summed E-state index contributed by atoms with van der Waals surface area (Å²) in [5, 5.41) is 1.63. The maximum Gasteiger partial charge on any atom is 0.343 e. The summed E-state index contributed by atoms with van der Waals surface area (Å²) in [6.45, 7) is 0. The molecule has 3 atom stereocenters. The molecule has 2 heterocycles. The molecule has 8 heteroatoms. The van der Waals surface area contributed by atoms with E-state index in [1.54, 1.807) is 85.0 Å². The number of carbonyl (C=O) groups is 3. The van der Waals surface area contributed by atoms with Crippen molar-refractivity contribution in [2.45, 2.75) is 12.1 Å². The van der Waals surface area contributed by atoms with E-state index < -0.39 is 29.9 Å². The monoisotopic (exact) mass is 520 g/mol. The third-order valence-corrected chi connectivity index (χ3v) is 6.90. The van der Waals surface area contributed by atoms with Gasteiger partial charge in [0.25, 0.3) is 5.91 Å². The number of benzene rings is 4. The van der Waals surface area contributed by atoms with Crippen LogP contribution in [0, 0.1) is 5.92 Å². The molecule has 39 heavy (non-hydrogen) atoms. The number of esters is 1. The summed E-state index contributed by atoms with van der Waals surface area (Å²) in [6.07, 6.45) is -0.986. The largest absolute Gasteiger partial charge is 0.497 e. The zero-order valence-electron chi connectivity index (χ0n) is 21.0. The smallest absolute Gasteiger partial charge is 0.343 e.